The van der Waals surface area contributed by atoms with Gasteiger partial charge in [-0.1, -0.05) is 18.2 Å². The zero-order chi connectivity index (χ0) is 14.2. The molecule has 3 rings (SSSR count). The number of para-hydroxylation sites is 1. The van der Waals surface area contributed by atoms with E-state index >= 15 is 0 Å². The van der Waals surface area contributed by atoms with E-state index in [4.69, 9.17) is 10.7 Å². The minimum Gasteiger partial charge on any atom is -0.390 e. The quantitative estimate of drug-likeness (QED) is 0.877. The van der Waals surface area contributed by atoms with Gasteiger partial charge in [-0.2, -0.15) is 0 Å². The molecule has 1 aliphatic heterocycles. The maximum atomic E-state index is 10.0. The molecular weight excluding hydrogens is 250 g/mol. The van der Waals surface area contributed by atoms with Crippen LogP contribution in [0.4, 0.5) is 5.82 Å². The second-order valence-corrected chi connectivity index (χ2v) is 5.84. The minimum absolute atomic E-state index is 0.515. The van der Waals surface area contributed by atoms with E-state index in [9.17, 15) is 5.11 Å². The van der Waals surface area contributed by atoms with Crippen LogP contribution in [0.2, 0.25) is 0 Å². The molecule has 1 aromatic heterocycles. The van der Waals surface area contributed by atoms with Gasteiger partial charge in [-0.3, -0.25) is 0 Å². The van der Waals surface area contributed by atoms with Gasteiger partial charge in [0.25, 0.3) is 0 Å². The van der Waals surface area contributed by atoms with Gasteiger partial charge in [0, 0.05) is 25.0 Å². The van der Waals surface area contributed by atoms with Gasteiger partial charge in [0.1, 0.15) is 5.82 Å². The van der Waals surface area contributed by atoms with Crippen LogP contribution < -0.4 is 10.6 Å². The highest BCUT2D eigenvalue weighted by atomic mass is 16.3. The summed E-state index contributed by atoms with van der Waals surface area (Å²) in [5.41, 5.74) is 7.45. The highest BCUT2D eigenvalue weighted by Crippen LogP contribution is 2.27. The Kier molecular flexibility index (Phi) is 3.36. The summed E-state index contributed by atoms with van der Waals surface area (Å²) in [6.45, 7) is 4.09. The Morgan fingerprint density at radius 3 is 2.70 bits per heavy atom. The largest absolute Gasteiger partial charge is 0.390 e. The molecule has 0 bridgehead atoms. The molecule has 0 unspecified atom stereocenters. The van der Waals surface area contributed by atoms with Crippen molar-refractivity contribution in [3.05, 3.63) is 35.9 Å². The number of pyridine rings is 1. The maximum Gasteiger partial charge on any atom is 0.129 e. The van der Waals surface area contributed by atoms with E-state index in [0.717, 1.165) is 48.2 Å². The lowest BCUT2D eigenvalue weighted by Crippen LogP contribution is -2.42. The molecule has 0 saturated carbocycles. The van der Waals surface area contributed by atoms with Crippen molar-refractivity contribution in [1.82, 2.24) is 4.98 Å². The normalized spacial score (nSPS) is 18.4. The predicted octanol–water partition coefficient (Wildman–Crippen LogP) is 2.04. The van der Waals surface area contributed by atoms with Crippen molar-refractivity contribution in [1.29, 1.82) is 0 Å². The molecule has 1 fully saturated rings. The second-order valence-electron chi connectivity index (χ2n) is 5.84. The summed E-state index contributed by atoms with van der Waals surface area (Å²) in [7, 11) is 0. The van der Waals surface area contributed by atoms with Crippen LogP contribution >= 0.6 is 0 Å². The fourth-order valence-corrected chi connectivity index (χ4v) is 2.78. The summed E-state index contributed by atoms with van der Waals surface area (Å²) < 4.78 is 0. The van der Waals surface area contributed by atoms with Crippen molar-refractivity contribution < 1.29 is 5.11 Å². The Labute approximate surface area is 119 Å². The van der Waals surface area contributed by atoms with E-state index < -0.39 is 5.60 Å². The summed E-state index contributed by atoms with van der Waals surface area (Å²) in [5.74, 6) is 0.972. The van der Waals surface area contributed by atoms with Crippen molar-refractivity contribution in [2.45, 2.75) is 31.9 Å². The number of hydrogen-bond acceptors (Lipinski definition) is 4. The molecule has 1 saturated heterocycles. The Morgan fingerprint density at radius 1 is 1.30 bits per heavy atom. The average Bonchev–Trinajstić information content (AvgIpc) is 2.46. The van der Waals surface area contributed by atoms with E-state index in [1.165, 1.54) is 0 Å². The minimum atomic E-state index is -0.538. The molecule has 2 aromatic rings. The summed E-state index contributed by atoms with van der Waals surface area (Å²) in [6.07, 6.45) is 1.55. The fourth-order valence-electron chi connectivity index (χ4n) is 2.78. The number of aromatic nitrogens is 1. The number of hydrogen-bond donors (Lipinski definition) is 2. The van der Waals surface area contributed by atoms with Crippen LogP contribution in [0.5, 0.6) is 0 Å². The number of benzene rings is 1. The topological polar surface area (TPSA) is 62.4 Å². The van der Waals surface area contributed by atoms with Crippen LogP contribution in [0.25, 0.3) is 10.9 Å². The van der Waals surface area contributed by atoms with Crippen molar-refractivity contribution in [2.24, 2.45) is 5.73 Å². The molecule has 0 radical (unpaired) electrons. The molecule has 4 nitrogen and oxygen atoms in total. The third-order valence-electron chi connectivity index (χ3n) is 4.17. The Balaban J connectivity index is 1.96. The van der Waals surface area contributed by atoms with Gasteiger partial charge in [0.05, 0.1) is 11.1 Å². The number of nitrogens with zero attached hydrogens (tertiary/aromatic N) is 2. The first-order valence-corrected chi connectivity index (χ1v) is 7.15. The second kappa shape index (κ2) is 5.04. The lowest BCUT2D eigenvalue weighted by atomic mass is 9.94. The van der Waals surface area contributed by atoms with Gasteiger partial charge in [-0.25, -0.2) is 4.98 Å². The van der Waals surface area contributed by atoms with Crippen LogP contribution in [-0.4, -0.2) is 28.8 Å². The molecule has 1 aromatic carbocycles. The van der Waals surface area contributed by atoms with Crippen LogP contribution in [0.1, 0.15) is 25.3 Å². The zero-order valence-corrected chi connectivity index (χ0v) is 11.8. The fraction of sp³-hybridized carbons (Fsp3) is 0.438. The first kappa shape index (κ1) is 13.3. The molecule has 2 heterocycles. The van der Waals surface area contributed by atoms with Crippen LogP contribution in [0.15, 0.2) is 30.3 Å². The van der Waals surface area contributed by atoms with Gasteiger partial charge in [0.2, 0.25) is 0 Å². The predicted molar refractivity (Wildman–Crippen MR) is 81.7 cm³/mol. The molecule has 4 heteroatoms. The Bertz CT molecular complexity index is 614. The number of fused-ring (bicyclic) bond motifs is 1. The monoisotopic (exact) mass is 271 g/mol. The van der Waals surface area contributed by atoms with Crippen LogP contribution in [0, 0.1) is 0 Å². The molecule has 20 heavy (non-hydrogen) atoms. The van der Waals surface area contributed by atoms with Gasteiger partial charge in [0.15, 0.2) is 0 Å². The lowest BCUT2D eigenvalue weighted by molar-refractivity contribution is 0.0350. The summed E-state index contributed by atoms with van der Waals surface area (Å²) >= 11 is 0. The number of anilines is 1. The van der Waals surface area contributed by atoms with E-state index in [1.54, 1.807) is 0 Å². The number of rotatable bonds is 2. The molecule has 1 aliphatic rings. The van der Waals surface area contributed by atoms with Crippen molar-refractivity contribution in [3.8, 4) is 0 Å². The smallest absolute Gasteiger partial charge is 0.129 e. The van der Waals surface area contributed by atoms with Gasteiger partial charge in [-0.15, -0.1) is 0 Å². The number of nitrogens with two attached hydrogens (primary N) is 1. The van der Waals surface area contributed by atoms with Gasteiger partial charge >= 0.3 is 0 Å². The summed E-state index contributed by atoms with van der Waals surface area (Å²) in [4.78, 5) is 6.98. The molecule has 0 aliphatic carbocycles. The van der Waals surface area contributed by atoms with E-state index in [1.807, 2.05) is 25.1 Å². The van der Waals surface area contributed by atoms with E-state index in [0.29, 0.717) is 6.54 Å². The highest BCUT2D eigenvalue weighted by molar-refractivity contribution is 5.84. The molecular formula is C16H21N3O. The Hall–Kier alpha value is -1.65. The summed E-state index contributed by atoms with van der Waals surface area (Å²) in [5, 5.41) is 11.2. The average molecular weight is 271 g/mol. The zero-order valence-electron chi connectivity index (χ0n) is 11.8. The van der Waals surface area contributed by atoms with Gasteiger partial charge in [-0.05, 0) is 37.5 Å². The lowest BCUT2D eigenvalue weighted by Gasteiger charge is -2.36. The SMILES string of the molecule is CC1(O)CCN(c2cc(CN)c3ccccc3n2)CC1. The molecule has 3 N–H and O–H groups in total. The van der Waals surface area contributed by atoms with Gasteiger partial charge < -0.3 is 15.7 Å². The third-order valence-corrected chi connectivity index (χ3v) is 4.17. The van der Waals surface area contributed by atoms with E-state index in [-0.39, 0.29) is 0 Å². The van der Waals surface area contributed by atoms with Crippen molar-refractivity contribution in [2.75, 3.05) is 18.0 Å². The molecule has 0 spiro atoms. The third kappa shape index (κ3) is 2.49. The molecule has 0 atom stereocenters. The number of piperidine rings is 1. The van der Waals surface area contributed by atoms with Crippen LogP contribution in [0.3, 0.4) is 0 Å². The number of aliphatic hydroxyl groups is 1. The summed E-state index contributed by atoms with van der Waals surface area (Å²) in [6, 6.07) is 10.2. The highest BCUT2D eigenvalue weighted by Gasteiger charge is 2.28. The maximum absolute atomic E-state index is 10.0. The first-order chi connectivity index (χ1) is 9.59. The first-order valence-electron chi connectivity index (χ1n) is 7.15. The van der Waals surface area contributed by atoms with E-state index in [2.05, 4.69) is 17.0 Å². The molecule has 106 valence electrons. The van der Waals surface area contributed by atoms with Crippen LogP contribution in [-0.2, 0) is 6.54 Å². The van der Waals surface area contributed by atoms with Crippen molar-refractivity contribution >= 4 is 16.7 Å². The Morgan fingerprint density at radius 2 is 2.00 bits per heavy atom. The molecule has 0 amide bonds. The van der Waals surface area contributed by atoms with Crippen molar-refractivity contribution in [3.63, 3.8) is 0 Å². The standard InChI is InChI=1S/C16H21N3O/c1-16(20)6-8-19(9-7-16)15-10-12(11-17)13-4-2-3-5-14(13)18-15/h2-5,10,20H,6-9,11,17H2,1H3.